The molecule has 6 rings (SSSR count). The van der Waals surface area contributed by atoms with Crippen LogP contribution in [0.2, 0.25) is 0 Å². The lowest BCUT2D eigenvalue weighted by Crippen LogP contribution is -2.34. The van der Waals surface area contributed by atoms with Crippen LogP contribution in [0.4, 0.5) is 0 Å². The molecule has 1 saturated carbocycles. The number of ether oxygens (including phenoxy) is 1. The fraction of sp³-hybridized carbons (Fsp3) is 0.286. The van der Waals surface area contributed by atoms with Gasteiger partial charge in [0.05, 0.1) is 39.9 Å². The molecule has 8 nitrogen and oxygen atoms in total. The molecule has 2 atom stereocenters. The number of furan rings is 2. The van der Waals surface area contributed by atoms with E-state index in [0.29, 0.717) is 12.2 Å². The number of carbonyl (C=O) groups is 2. The highest BCUT2D eigenvalue weighted by atomic mass is 32.1. The summed E-state index contributed by atoms with van der Waals surface area (Å²) in [6.45, 7) is -0.378. The van der Waals surface area contributed by atoms with Gasteiger partial charge >= 0.3 is 5.97 Å². The van der Waals surface area contributed by atoms with E-state index in [2.05, 4.69) is 4.98 Å². The normalized spacial score (nSPS) is 20.3. The lowest BCUT2D eigenvalue weighted by molar-refractivity contribution is -0.153. The molecular formula is C28H25N3O5S. The molecule has 188 valence electrons. The molecule has 0 bridgehead atoms. The lowest BCUT2D eigenvalue weighted by atomic mass is 9.79. The van der Waals surface area contributed by atoms with Crippen LogP contribution in [0.1, 0.15) is 48.3 Å². The van der Waals surface area contributed by atoms with Gasteiger partial charge in [0.1, 0.15) is 17.6 Å². The largest absolute Gasteiger partial charge is 0.467 e. The number of benzene rings is 1. The molecule has 1 fully saturated rings. The van der Waals surface area contributed by atoms with Crippen LogP contribution in [0.25, 0.3) is 16.3 Å². The summed E-state index contributed by atoms with van der Waals surface area (Å²) in [6, 6.07) is 14.9. The average molecular weight is 516 g/mol. The molecule has 2 aliphatic rings. The average Bonchev–Trinajstić information content (AvgIpc) is 3.71. The number of allylic oxidation sites excluding steroid dienone is 1. The number of esters is 1. The Bertz CT molecular complexity index is 1440. The van der Waals surface area contributed by atoms with E-state index < -0.39 is 5.97 Å². The Hall–Kier alpha value is -3.98. The monoisotopic (exact) mass is 515 g/mol. The first-order valence-electron chi connectivity index (χ1n) is 12.3. The van der Waals surface area contributed by atoms with Crippen molar-refractivity contribution >= 4 is 45.2 Å². The molecule has 0 N–H and O–H groups in total. The third-order valence-corrected chi connectivity index (χ3v) is 7.79. The van der Waals surface area contributed by atoms with Crippen LogP contribution in [-0.4, -0.2) is 34.2 Å². The van der Waals surface area contributed by atoms with Crippen molar-refractivity contribution in [2.24, 2.45) is 11.0 Å². The van der Waals surface area contributed by atoms with Gasteiger partial charge in [0.25, 0.3) is 5.91 Å². The number of amides is 1. The first kappa shape index (κ1) is 23.4. The summed E-state index contributed by atoms with van der Waals surface area (Å²) in [7, 11) is 0. The van der Waals surface area contributed by atoms with Crippen molar-refractivity contribution in [1.29, 1.82) is 0 Å². The number of hydrogen-bond acceptors (Lipinski definition) is 8. The first-order chi connectivity index (χ1) is 18.2. The Labute approximate surface area is 217 Å². The van der Waals surface area contributed by atoms with Crippen LogP contribution >= 0.6 is 11.3 Å². The van der Waals surface area contributed by atoms with E-state index in [1.807, 2.05) is 48.5 Å². The van der Waals surface area contributed by atoms with Crippen molar-refractivity contribution in [3.8, 4) is 0 Å². The summed E-state index contributed by atoms with van der Waals surface area (Å²) in [4.78, 5) is 30.3. The molecule has 1 aliphatic heterocycles. The van der Waals surface area contributed by atoms with Crippen LogP contribution in [0.15, 0.2) is 80.6 Å². The van der Waals surface area contributed by atoms with Crippen LogP contribution in [0.5, 0.6) is 0 Å². The zero-order valence-electron chi connectivity index (χ0n) is 20.0. The zero-order chi connectivity index (χ0) is 25.2. The van der Waals surface area contributed by atoms with Crippen LogP contribution in [-0.2, 0) is 20.7 Å². The summed E-state index contributed by atoms with van der Waals surface area (Å²) in [5.74, 6) is 0.594. The SMILES string of the molecule is O=C(CCc1nc2ccccc2s1)OCC(=O)N1N=C2C(=Cc3ccco3)CCCC2C1c1ccco1. The van der Waals surface area contributed by atoms with Crippen LogP contribution in [0, 0.1) is 5.92 Å². The van der Waals surface area contributed by atoms with E-state index in [-0.39, 0.29) is 30.9 Å². The van der Waals surface area contributed by atoms with Gasteiger partial charge in [0.2, 0.25) is 0 Å². The zero-order valence-corrected chi connectivity index (χ0v) is 20.9. The summed E-state index contributed by atoms with van der Waals surface area (Å²) >= 11 is 1.56. The predicted molar refractivity (Wildman–Crippen MR) is 139 cm³/mol. The van der Waals surface area contributed by atoms with Gasteiger partial charge in [-0.15, -0.1) is 11.3 Å². The molecule has 1 aromatic carbocycles. The Kier molecular flexibility index (Phi) is 6.44. The van der Waals surface area contributed by atoms with Gasteiger partial charge in [-0.05, 0) is 67.3 Å². The Balaban J connectivity index is 1.14. The van der Waals surface area contributed by atoms with Crippen molar-refractivity contribution < 1.29 is 23.2 Å². The number of para-hydroxylation sites is 1. The van der Waals surface area contributed by atoms with Gasteiger partial charge in [0.15, 0.2) is 6.61 Å². The van der Waals surface area contributed by atoms with Crippen molar-refractivity contribution in [2.45, 2.75) is 38.1 Å². The smallest absolute Gasteiger partial charge is 0.306 e. The van der Waals surface area contributed by atoms with Gasteiger partial charge < -0.3 is 13.6 Å². The molecular weight excluding hydrogens is 490 g/mol. The molecule has 0 radical (unpaired) electrons. The highest BCUT2D eigenvalue weighted by Gasteiger charge is 2.45. The third kappa shape index (κ3) is 4.86. The topological polar surface area (TPSA) is 98.1 Å². The first-order valence-corrected chi connectivity index (χ1v) is 13.2. The molecule has 3 aromatic heterocycles. The number of thiazole rings is 1. The van der Waals surface area contributed by atoms with E-state index >= 15 is 0 Å². The van der Waals surface area contributed by atoms with Crippen molar-refractivity contribution in [2.75, 3.05) is 6.61 Å². The molecule has 0 saturated heterocycles. The van der Waals surface area contributed by atoms with Gasteiger partial charge in [-0.25, -0.2) is 9.99 Å². The quantitative estimate of drug-likeness (QED) is 0.289. The van der Waals surface area contributed by atoms with Gasteiger partial charge in [-0.2, -0.15) is 5.10 Å². The van der Waals surface area contributed by atoms with Crippen molar-refractivity contribution in [3.63, 3.8) is 0 Å². The maximum absolute atomic E-state index is 13.3. The van der Waals surface area contributed by atoms with Gasteiger partial charge in [-0.1, -0.05) is 12.1 Å². The van der Waals surface area contributed by atoms with Crippen molar-refractivity contribution in [3.05, 3.63) is 83.2 Å². The second kappa shape index (κ2) is 10.2. The molecule has 0 spiro atoms. The molecule has 4 heterocycles. The van der Waals surface area contributed by atoms with E-state index in [1.54, 1.807) is 29.9 Å². The summed E-state index contributed by atoms with van der Waals surface area (Å²) in [6.07, 6.45) is 8.54. The minimum absolute atomic E-state index is 0.000186. The molecule has 2 unspecified atom stereocenters. The maximum atomic E-state index is 13.3. The van der Waals surface area contributed by atoms with E-state index in [4.69, 9.17) is 18.7 Å². The van der Waals surface area contributed by atoms with E-state index in [1.165, 1.54) is 5.01 Å². The summed E-state index contributed by atoms with van der Waals surface area (Å²) < 4.78 is 17.7. The number of hydrogen-bond donors (Lipinski definition) is 0. The second-order valence-corrected chi connectivity index (χ2v) is 10.2. The lowest BCUT2D eigenvalue weighted by Gasteiger charge is -2.27. The highest BCUT2D eigenvalue weighted by molar-refractivity contribution is 7.18. The molecule has 1 aliphatic carbocycles. The number of nitrogens with zero attached hydrogens (tertiary/aromatic N) is 3. The standard InChI is InChI=1S/C28H25N3O5S/c32-25(17-36-26(33)13-12-24-29-21-9-1-2-11-23(21)37-24)31-28(22-10-5-15-35-22)20-8-3-6-18(27(20)30-31)16-19-7-4-14-34-19/h1-2,4-5,7,9-11,14-16,20,28H,3,6,8,12-13,17H2. The summed E-state index contributed by atoms with van der Waals surface area (Å²) in [5.41, 5.74) is 2.83. The predicted octanol–water partition coefficient (Wildman–Crippen LogP) is 5.78. The number of hydrazone groups is 1. The number of carbonyl (C=O) groups excluding carboxylic acids is 2. The fourth-order valence-electron chi connectivity index (χ4n) is 5.01. The highest BCUT2D eigenvalue weighted by Crippen LogP contribution is 2.44. The number of aryl methyl sites for hydroxylation is 1. The Morgan fingerprint density at radius 1 is 1.11 bits per heavy atom. The number of fused-ring (bicyclic) bond motifs is 2. The van der Waals surface area contributed by atoms with Gasteiger partial charge in [0, 0.05) is 12.3 Å². The second-order valence-electron chi connectivity index (χ2n) is 9.10. The fourth-order valence-corrected chi connectivity index (χ4v) is 5.97. The van der Waals surface area contributed by atoms with Crippen molar-refractivity contribution in [1.82, 2.24) is 9.99 Å². The molecule has 4 aromatic rings. The Morgan fingerprint density at radius 2 is 1.97 bits per heavy atom. The van der Waals surface area contributed by atoms with Crippen LogP contribution < -0.4 is 0 Å². The number of aromatic nitrogens is 1. The van der Waals surface area contributed by atoms with Gasteiger partial charge in [-0.3, -0.25) is 9.59 Å². The molecule has 9 heteroatoms. The molecule has 1 amide bonds. The summed E-state index contributed by atoms with van der Waals surface area (Å²) in [5, 5.41) is 7.04. The van der Waals surface area contributed by atoms with Crippen LogP contribution in [0.3, 0.4) is 0 Å². The third-order valence-electron chi connectivity index (χ3n) is 6.69. The Morgan fingerprint density at radius 3 is 2.78 bits per heavy atom. The molecule has 37 heavy (non-hydrogen) atoms. The minimum atomic E-state index is -0.440. The van der Waals surface area contributed by atoms with E-state index in [9.17, 15) is 9.59 Å². The number of rotatable bonds is 7. The van der Waals surface area contributed by atoms with E-state index in [0.717, 1.165) is 51.5 Å². The minimum Gasteiger partial charge on any atom is -0.467 e. The maximum Gasteiger partial charge on any atom is 0.306 e.